The summed E-state index contributed by atoms with van der Waals surface area (Å²) in [4.78, 5) is 27.6. The number of aromatic nitrogens is 2. The zero-order valence-electron chi connectivity index (χ0n) is 16.8. The molecule has 0 spiro atoms. The van der Waals surface area contributed by atoms with Crippen molar-refractivity contribution in [3.05, 3.63) is 58.6 Å². The van der Waals surface area contributed by atoms with E-state index in [-0.39, 0.29) is 18.3 Å². The Morgan fingerprint density at radius 2 is 2.03 bits per heavy atom. The van der Waals surface area contributed by atoms with Crippen LogP contribution in [0.15, 0.2) is 53.7 Å². The maximum Gasteiger partial charge on any atom is 0.326 e. The Bertz CT molecular complexity index is 1020. The van der Waals surface area contributed by atoms with Gasteiger partial charge in [-0.3, -0.25) is 14.9 Å². The van der Waals surface area contributed by atoms with Crippen LogP contribution in [0, 0.1) is 10.1 Å². The summed E-state index contributed by atoms with van der Waals surface area (Å²) in [6.45, 7) is 4.15. The molecule has 0 saturated carbocycles. The standard InChI is InChI=1S/C21H23N3O5S/c1-3-15(2)29-20(25)14-23-19-13-16(24(26)27)9-10-18(19)22-21(23)30-12-11-28-17-7-5-4-6-8-17/h4-10,13,15H,3,11-12,14H2,1-2H3. The number of hydrogen-bond acceptors (Lipinski definition) is 7. The number of rotatable bonds is 10. The summed E-state index contributed by atoms with van der Waals surface area (Å²) in [7, 11) is 0. The molecule has 0 N–H and O–H groups in total. The number of carbonyl (C=O) groups is 1. The van der Waals surface area contributed by atoms with Gasteiger partial charge in [0.15, 0.2) is 5.16 Å². The Balaban J connectivity index is 1.78. The number of nitro benzene ring substituents is 1. The number of carbonyl (C=O) groups excluding carboxylic acids is 1. The number of nitrogens with zero attached hydrogens (tertiary/aromatic N) is 3. The van der Waals surface area contributed by atoms with Crippen molar-refractivity contribution < 1.29 is 19.2 Å². The third-order valence-corrected chi connectivity index (χ3v) is 5.37. The van der Waals surface area contributed by atoms with Crippen LogP contribution in [0.1, 0.15) is 20.3 Å². The van der Waals surface area contributed by atoms with Crippen LogP contribution in [0.25, 0.3) is 11.0 Å². The van der Waals surface area contributed by atoms with E-state index in [0.717, 1.165) is 5.75 Å². The number of benzene rings is 2. The first-order chi connectivity index (χ1) is 14.5. The fourth-order valence-corrected chi connectivity index (χ4v) is 3.58. The summed E-state index contributed by atoms with van der Waals surface area (Å²) in [6, 6.07) is 13.9. The predicted molar refractivity (Wildman–Crippen MR) is 115 cm³/mol. The van der Waals surface area contributed by atoms with Crippen molar-refractivity contribution in [2.45, 2.75) is 38.1 Å². The number of non-ortho nitro benzene ring substituents is 1. The summed E-state index contributed by atoms with van der Waals surface area (Å²) >= 11 is 1.42. The summed E-state index contributed by atoms with van der Waals surface area (Å²) in [6.07, 6.45) is 0.511. The zero-order valence-corrected chi connectivity index (χ0v) is 17.6. The molecule has 158 valence electrons. The van der Waals surface area contributed by atoms with Gasteiger partial charge < -0.3 is 14.0 Å². The van der Waals surface area contributed by atoms with Crippen LogP contribution in [-0.4, -0.2) is 38.9 Å². The van der Waals surface area contributed by atoms with E-state index in [9.17, 15) is 14.9 Å². The largest absolute Gasteiger partial charge is 0.493 e. The first kappa shape index (κ1) is 21.6. The van der Waals surface area contributed by atoms with Gasteiger partial charge in [0.25, 0.3) is 5.69 Å². The average molecular weight is 429 g/mol. The lowest BCUT2D eigenvalue weighted by atomic mass is 10.3. The van der Waals surface area contributed by atoms with Crippen LogP contribution < -0.4 is 4.74 Å². The van der Waals surface area contributed by atoms with Gasteiger partial charge >= 0.3 is 5.97 Å². The number of fused-ring (bicyclic) bond motifs is 1. The molecule has 0 aliphatic heterocycles. The Kier molecular flexibility index (Phi) is 7.29. The molecule has 3 rings (SSSR count). The van der Waals surface area contributed by atoms with Gasteiger partial charge in [-0.15, -0.1) is 0 Å². The molecule has 1 unspecified atom stereocenters. The highest BCUT2D eigenvalue weighted by atomic mass is 32.2. The summed E-state index contributed by atoms with van der Waals surface area (Å²) < 4.78 is 12.8. The lowest BCUT2D eigenvalue weighted by Gasteiger charge is -2.13. The molecule has 1 aromatic heterocycles. The molecule has 0 saturated heterocycles. The normalized spacial score (nSPS) is 11.9. The molecule has 9 heteroatoms. The van der Waals surface area contributed by atoms with Gasteiger partial charge in [0.05, 0.1) is 28.7 Å². The van der Waals surface area contributed by atoms with Gasteiger partial charge in [-0.1, -0.05) is 36.9 Å². The van der Waals surface area contributed by atoms with Crippen molar-refractivity contribution in [2.75, 3.05) is 12.4 Å². The Hall–Kier alpha value is -3.07. The van der Waals surface area contributed by atoms with Crippen LogP contribution >= 0.6 is 11.8 Å². The fourth-order valence-electron chi connectivity index (χ4n) is 2.75. The second-order valence-electron chi connectivity index (χ2n) is 6.63. The van der Waals surface area contributed by atoms with Crippen molar-refractivity contribution >= 4 is 34.5 Å². The van der Waals surface area contributed by atoms with Gasteiger partial charge in [0, 0.05) is 17.9 Å². The van der Waals surface area contributed by atoms with E-state index < -0.39 is 10.9 Å². The number of para-hydroxylation sites is 1. The topological polar surface area (TPSA) is 96.5 Å². The molecule has 0 radical (unpaired) electrons. The van der Waals surface area contributed by atoms with Crippen LogP contribution in [-0.2, 0) is 16.1 Å². The highest BCUT2D eigenvalue weighted by Gasteiger charge is 2.19. The number of nitro groups is 1. The molecule has 0 aliphatic carbocycles. The number of imidazole rings is 1. The summed E-state index contributed by atoms with van der Waals surface area (Å²) in [5, 5.41) is 11.8. The Morgan fingerprint density at radius 1 is 1.27 bits per heavy atom. The third-order valence-electron chi connectivity index (χ3n) is 4.43. The number of thioether (sulfide) groups is 1. The molecule has 1 heterocycles. The van der Waals surface area contributed by atoms with Crippen molar-refractivity contribution in [3.63, 3.8) is 0 Å². The smallest absolute Gasteiger partial charge is 0.326 e. The molecule has 8 nitrogen and oxygen atoms in total. The van der Waals surface area contributed by atoms with Gasteiger partial charge in [-0.05, 0) is 31.5 Å². The van der Waals surface area contributed by atoms with E-state index in [4.69, 9.17) is 9.47 Å². The lowest BCUT2D eigenvalue weighted by molar-refractivity contribution is -0.384. The molecule has 2 aromatic carbocycles. The molecule has 0 aliphatic rings. The number of hydrogen-bond donors (Lipinski definition) is 0. The minimum atomic E-state index is -0.464. The van der Waals surface area contributed by atoms with Crippen molar-refractivity contribution in [1.29, 1.82) is 0 Å². The number of esters is 1. The van der Waals surface area contributed by atoms with E-state index in [1.807, 2.05) is 44.2 Å². The molecule has 1 atom stereocenters. The Morgan fingerprint density at radius 3 is 2.73 bits per heavy atom. The molecule has 0 fully saturated rings. The van der Waals surface area contributed by atoms with Gasteiger partial charge in [-0.2, -0.15) is 0 Å². The van der Waals surface area contributed by atoms with E-state index in [0.29, 0.717) is 35.0 Å². The zero-order chi connectivity index (χ0) is 21.5. The summed E-state index contributed by atoms with van der Waals surface area (Å²) in [5.41, 5.74) is 1.06. The molecule has 3 aromatic rings. The predicted octanol–water partition coefficient (Wildman–Crippen LogP) is 4.46. The maximum atomic E-state index is 12.4. The minimum absolute atomic E-state index is 0.0529. The van der Waals surface area contributed by atoms with Crippen molar-refractivity contribution in [1.82, 2.24) is 9.55 Å². The number of ether oxygens (including phenoxy) is 2. The second-order valence-corrected chi connectivity index (χ2v) is 7.69. The van der Waals surface area contributed by atoms with E-state index >= 15 is 0 Å². The first-order valence-corrected chi connectivity index (χ1v) is 10.6. The van der Waals surface area contributed by atoms with Gasteiger partial charge in [-0.25, -0.2) is 4.98 Å². The van der Waals surface area contributed by atoms with Crippen LogP contribution in [0.3, 0.4) is 0 Å². The molecule has 0 amide bonds. The minimum Gasteiger partial charge on any atom is -0.493 e. The monoisotopic (exact) mass is 429 g/mol. The molecular weight excluding hydrogens is 406 g/mol. The maximum absolute atomic E-state index is 12.4. The van der Waals surface area contributed by atoms with Crippen LogP contribution in [0.4, 0.5) is 5.69 Å². The van der Waals surface area contributed by atoms with Crippen molar-refractivity contribution in [3.8, 4) is 5.75 Å². The van der Waals surface area contributed by atoms with E-state index in [1.165, 1.54) is 23.9 Å². The highest BCUT2D eigenvalue weighted by molar-refractivity contribution is 7.99. The van der Waals surface area contributed by atoms with Crippen LogP contribution in [0.5, 0.6) is 5.75 Å². The Labute approximate surface area is 178 Å². The van der Waals surface area contributed by atoms with Crippen molar-refractivity contribution in [2.24, 2.45) is 0 Å². The van der Waals surface area contributed by atoms with Gasteiger partial charge in [0.2, 0.25) is 0 Å². The first-order valence-electron chi connectivity index (χ1n) is 9.62. The SMILES string of the molecule is CCC(C)OC(=O)Cn1c(SCCOc2ccccc2)nc2ccc([N+](=O)[O-])cc21. The van der Waals surface area contributed by atoms with E-state index in [2.05, 4.69) is 4.98 Å². The summed E-state index contributed by atoms with van der Waals surface area (Å²) in [5.74, 6) is 0.970. The third kappa shape index (κ3) is 5.50. The fraction of sp³-hybridized carbons (Fsp3) is 0.333. The molecule has 0 bridgehead atoms. The quantitative estimate of drug-likeness (QED) is 0.154. The van der Waals surface area contributed by atoms with Crippen LogP contribution in [0.2, 0.25) is 0 Å². The average Bonchev–Trinajstić information content (AvgIpc) is 3.08. The molecule has 30 heavy (non-hydrogen) atoms. The highest BCUT2D eigenvalue weighted by Crippen LogP contribution is 2.27. The van der Waals surface area contributed by atoms with Gasteiger partial charge in [0.1, 0.15) is 12.3 Å². The lowest BCUT2D eigenvalue weighted by Crippen LogP contribution is -2.19. The molecular formula is C21H23N3O5S. The van der Waals surface area contributed by atoms with E-state index in [1.54, 1.807) is 10.6 Å². The second kappa shape index (κ2) is 10.1.